The van der Waals surface area contributed by atoms with E-state index in [-0.39, 0.29) is 24.5 Å². The summed E-state index contributed by atoms with van der Waals surface area (Å²) >= 11 is 0. The van der Waals surface area contributed by atoms with Crippen LogP contribution in [0.1, 0.15) is 59.3 Å². The molecule has 24 heavy (non-hydrogen) atoms. The molecule has 0 bridgehead atoms. The molecule has 3 atom stereocenters. The second kappa shape index (κ2) is 11.2. The fourth-order valence-corrected chi connectivity index (χ4v) is 4.99. The van der Waals surface area contributed by atoms with Crippen LogP contribution < -0.4 is 0 Å². The Kier molecular flexibility index (Phi) is 10.1. The summed E-state index contributed by atoms with van der Waals surface area (Å²) in [6.45, 7) is 11.3. The normalized spacial score (nSPS) is 21.3. The minimum absolute atomic E-state index is 0.0350. The molecule has 6 heteroatoms. The largest absolute Gasteiger partial charge is 0.465 e. The van der Waals surface area contributed by atoms with E-state index in [0.29, 0.717) is 6.61 Å². The lowest BCUT2D eigenvalue weighted by Gasteiger charge is -2.36. The van der Waals surface area contributed by atoms with Crippen LogP contribution in [0, 0.1) is 5.92 Å². The summed E-state index contributed by atoms with van der Waals surface area (Å²) in [5, 5.41) is 0. The van der Waals surface area contributed by atoms with E-state index in [1.54, 1.807) is 0 Å². The van der Waals surface area contributed by atoms with Gasteiger partial charge in [0, 0.05) is 19.4 Å². The first-order valence-electron chi connectivity index (χ1n) is 9.46. The van der Waals surface area contributed by atoms with Crippen LogP contribution in [0.15, 0.2) is 0 Å². The Hall–Kier alpha value is -0.433. The van der Waals surface area contributed by atoms with Crippen LogP contribution in [0.25, 0.3) is 0 Å². The Morgan fingerprint density at radius 1 is 1.29 bits per heavy atom. The Morgan fingerprint density at radius 3 is 2.58 bits per heavy atom. The Bertz CT molecular complexity index is 355. The van der Waals surface area contributed by atoms with Gasteiger partial charge in [-0.05, 0) is 44.8 Å². The topological polar surface area (TPSA) is 54.0 Å². The monoisotopic (exact) mass is 360 g/mol. The van der Waals surface area contributed by atoms with Crippen molar-refractivity contribution in [2.75, 3.05) is 13.2 Å². The first-order chi connectivity index (χ1) is 11.4. The number of carbonyl (C=O) groups is 1. The predicted molar refractivity (Wildman–Crippen MR) is 97.2 cm³/mol. The Morgan fingerprint density at radius 2 is 2.04 bits per heavy atom. The maximum Gasteiger partial charge on any atom is 0.302 e. The molecule has 0 aromatic carbocycles. The highest BCUT2D eigenvalue weighted by molar-refractivity contribution is 6.71. The first kappa shape index (κ1) is 21.6. The average molecular weight is 361 g/mol. The standard InChI is InChI=1S/C18H36O5Si/c1-6-8-13-24(4,5)23-18(16(7-2)14-21-15(3)19)22-17-11-9-10-12-20-17/h16-18H,6-14H2,1-5H3. The summed E-state index contributed by atoms with van der Waals surface area (Å²) in [7, 11) is -1.83. The maximum absolute atomic E-state index is 11.2. The number of hydrogen-bond acceptors (Lipinski definition) is 5. The molecule has 0 saturated carbocycles. The Balaban J connectivity index is 2.73. The van der Waals surface area contributed by atoms with E-state index < -0.39 is 8.32 Å². The van der Waals surface area contributed by atoms with Gasteiger partial charge in [0.1, 0.15) is 0 Å². The van der Waals surface area contributed by atoms with Gasteiger partial charge in [0.2, 0.25) is 0 Å². The average Bonchev–Trinajstić information content (AvgIpc) is 2.54. The molecule has 0 aromatic rings. The molecule has 0 aromatic heterocycles. The molecule has 1 fully saturated rings. The molecule has 0 spiro atoms. The second-order valence-electron chi connectivity index (χ2n) is 7.25. The SMILES string of the molecule is CCCC[Si](C)(C)OC(OC1CCCCO1)C(CC)COC(C)=O. The molecule has 3 unspecified atom stereocenters. The van der Waals surface area contributed by atoms with Crippen molar-refractivity contribution in [3.05, 3.63) is 0 Å². The highest BCUT2D eigenvalue weighted by Gasteiger charge is 2.33. The molecule has 1 rings (SSSR count). The smallest absolute Gasteiger partial charge is 0.302 e. The lowest BCUT2D eigenvalue weighted by atomic mass is 10.1. The van der Waals surface area contributed by atoms with E-state index in [4.69, 9.17) is 18.6 Å². The van der Waals surface area contributed by atoms with Crippen molar-refractivity contribution in [3.8, 4) is 0 Å². The van der Waals surface area contributed by atoms with Crippen molar-refractivity contribution in [3.63, 3.8) is 0 Å². The fourth-order valence-electron chi connectivity index (χ4n) is 2.79. The third-order valence-electron chi connectivity index (χ3n) is 4.40. The van der Waals surface area contributed by atoms with Crippen molar-refractivity contribution in [1.29, 1.82) is 0 Å². The van der Waals surface area contributed by atoms with Gasteiger partial charge in [0.15, 0.2) is 20.9 Å². The molecular weight excluding hydrogens is 324 g/mol. The van der Waals surface area contributed by atoms with E-state index in [1.807, 2.05) is 0 Å². The molecule has 0 aliphatic carbocycles. The summed E-state index contributed by atoms with van der Waals surface area (Å²) in [6, 6.07) is 1.11. The fraction of sp³-hybridized carbons (Fsp3) is 0.944. The third kappa shape index (κ3) is 8.60. The number of unbranched alkanes of at least 4 members (excludes halogenated alkanes) is 1. The van der Waals surface area contributed by atoms with Crippen LogP contribution in [-0.2, 0) is 23.4 Å². The minimum atomic E-state index is -1.83. The van der Waals surface area contributed by atoms with Gasteiger partial charge in [-0.15, -0.1) is 0 Å². The second-order valence-corrected chi connectivity index (χ2v) is 11.5. The highest BCUT2D eigenvalue weighted by Crippen LogP contribution is 2.26. The van der Waals surface area contributed by atoms with E-state index in [2.05, 4.69) is 26.9 Å². The minimum Gasteiger partial charge on any atom is -0.465 e. The number of hydrogen-bond donors (Lipinski definition) is 0. The molecule has 0 radical (unpaired) electrons. The first-order valence-corrected chi connectivity index (χ1v) is 12.6. The summed E-state index contributed by atoms with van der Waals surface area (Å²) in [5.74, 6) is -0.226. The quantitative estimate of drug-likeness (QED) is 0.309. The lowest BCUT2D eigenvalue weighted by molar-refractivity contribution is -0.252. The number of rotatable bonds is 11. The zero-order chi connectivity index (χ0) is 18.0. The number of esters is 1. The van der Waals surface area contributed by atoms with Gasteiger partial charge in [0.05, 0.1) is 6.61 Å². The van der Waals surface area contributed by atoms with E-state index in [0.717, 1.165) is 38.3 Å². The molecule has 5 nitrogen and oxygen atoms in total. The summed E-state index contributed by atoms with van der Waals surface area (Å²) in [6.07, 6.45) is 5.72. The summed E-state index contributed by atoms with van der Waals surface area (Å²) < 4.78 is 23.6. The summed E-state index contributed by atoms with van der Waals surface area (Å²) in [4.78, 5) is 11.2. The third-order valence-corrected chi connectivity index (χ3v) is 6.83. The molecule has 0 amide bonds. The maximum atomic E-state index is 11.2. The molecular formula is C18H36O5Si. The lowest BCUT2D eigenvalue weighted by Crippen LogP contribution is -2.44. The van der Waals surface area contributed by atoms with E-state index in [1.165, 1.54) is 19.8 Å². The van der Waals surface area contributed by atoms with Crippen LogP contribution in [0.4, 0.5) is 0 Å². The van der Waals surface area contributed by atoms with E-state index >= 15 is 0 Å². The van der Waals surface area contributed by atoms with Crippen molar-refractivity contribution >= 4 is 14.3 Å². The summed E-state index contributed by atoms with van der Waals surface area (Å²) in [5.41, 5.74) is 0. The van der Waals surface area contributed by atoms with Gasteiger partial charge in [-0.3, -0.25) is 4.79 Å². The zero-order valence-corrected chi connectivity index (χ0v) is 17.1. The van der Waals surface area contributed by atoms with E-state index in [9.17, 15) is 4.79 Å². The van der Waals surface area contributed by atoms with Gasteiger partial charge in [-0.1, -0.05) is 26.7 Å². The zero-order valence-electron chi connectivity index (χ0n) is 16.1. The van der Waals surface area contributed by atoms with Crippen LogP contribution in [-0.4, -0.2) is 40.1 Å². The van der Waals surface area contributed by atoms with Crippen molar-refractivity contribution in [2.45, 2.75) is 91.0 Å². The van der Waals surface area contributed by atoms with Crippen LogP contribution in [0.5, 0.6) is 0 Å². The van der Waals surface area contributed by atoms with Crippen LogP contribution in [0.2, 0.25) is 19.1 Å². The molecule has 142 valence electrons. The Labute approximate surface area is 148 Å². The van der Waals surface area contributed by atoms with Gasteiger partial charge < -0.3 is 18.6 Å². The van der Waals surface area contributed by atoms with Crippen molar-refractivity contribution in [2.24, 2.45) is 5.92 Å². The molecule has 1 aliphatic rings. The van der Waals surface area contributed by atoms with Crippen molar-refractivity contribution < 1.29 is 23.4 Å². The van der Waals surface area contributed by atoms with Gasteiger partial charge in [0.25, 0.3) is 0 Å². The van der Waals surface area contributed by atoms with Gasteiger partial charge in [-0.2, -0.15) is 0 Å². The molecule has 1 saturated heterocycles. The van der Waals surface area contributed by atoms with Gasteiger partial charge >= 0.3 is 5.97 Å². The molecule has 1 heterocycles. The van der Waals surface area contributed by atoms with Crippen LogP contribution >= 0.6 is 0 Å². The highest BCUT2D eigenvalue weighted by atomic mass is 28.4. The van der Waals surface area contributed by atoms with Gasteiger partial charge in [-0.25, -0.2) is 0 Å². The number of ether oxygens (including phenoxy) is 3. The molecule has 1 aliphatic heterocycles. The molecule has 0 N–H and O–H groups in total. The van der Waals surface area contributed by atoms with Crippen LogP contribution in [0.3, 0.4) is 0 Å². The predicted octanol–water partition coefficient (Wildman–Crippen LogP) is 4.47. The number of carbonyl (C=O) groups excluding carboxylic acids is 1. The van der Waals surface area contributed by atoms with Crippen molar-refractivity contribution in [1.82, 2.24) is 0 Å².